The molecule has 0 unspecified atom stereocenters. The van der Waals surface area contributed by atoms with Crippen LogP contribution in [0.25, 0.3) is 0 Å². The highest BCUT2D eigenvalue weighted by molar-refractivity contribution is 5.69. The first-order valence-corrected chi connectivity index (χ1v) is 6.95. The second kappa shape index (κ2) is 8.48. The number of rotatable bonds is 10. The summed E-state index contributed by atoms with van der Waals surface area (Å²) < 4.78 is 15.5. The van der Waals surface area contributed by atoms with Crippen LogP contribution < -0.4 is 0 Å². The topological polar surface area (TPSA) is 44.8 Å². The predicted octanol–water partition coefficient (Wildman–Crippen LogP) is 2.55. The Morgan fingerprint density at radius 3 is 2.50 bits per heavy atom. The zero-order valence-electron chi connectivity index (χ0n) is 11.7. The van der Waals surface area contributed by atoms with Gasteiger partial charge in [0, 0.05) is 20.1 Å². The molecule has 0 bridgehead atoms. The van der Waals surface area contributed by atoms with Gasteiger partial charge in [0.25, 0.3) is 0 Å². The third kappa shape index (κ3) is 5.36. The SMILES string of the molecule is CCC1(COC(=O)CCCCCCOC)COC1. The summed E-state index contributed by atoms with van der Waals surface area (Å²) in [6.45, 7) is 4.91. The van der Waals surface area contributed by atoms with E-state index in [0.29, 0.717) is 13.0 Å². The summed E-state index contributed by atoms with van der Waals surface area (Å²) in [6, 6.07) is 0. The molecule has 0 aromatic rings. The third-order valence-electron chi connectivity index (χ3n) is 3.59. The van der Waals surface area contributed by atoms with Gasteiger partial charge in [-0.15, -0.1) is 0 Å². The molecule has 0 saturated carbocycles. The lowest BCUT2D eigenvalue weighted by atomic mass is 9.84. The minimum Gasteiger partial charge on any atom is -0.465 e. The van der Waals surface area contributed by atoms with Crippen molar-refractivity contribution < 1.29 is 19.0 Å². The normalized spacial score (nSPS) is 17.2. The summed E-state index contributed by atoms with van der Waals surface area (Å²) in [7, 11) is 1.71. The molecule has 0 aromatic carbocycles. The number of carbonyl (C=O) groups excluding carboxylic acids is 1. The summed E-state index contributed by atoms with van der Waals surface area (Å²) in [6.07, 6.45) is 5.72. The lowest BCUT2D eigenvalue weighted by Gasteiger charge is -2.39. The van der Waals surface area contributed by atoms with Crippen LogP contribution in [0.15, 0.2) is 0 Å². The Labute approximate surface area is 110 Å². The van der Waals surface area contributed by atoms with Gasteiger partial charge in [-0.05, 0) is 19.3 Å². The molecular formula is C14H26O4. The fourth-order valence-electron chi connectivity index (χ4n) is 1.96. The van der Waals surface area contributed by atoms with Crippen LogP contribution in [0.5, 0.6) is 0 Å². The van der Waals surface area contributed by atoms with Crippen LogP contribution in [-0.4, -0.2) is 39.5 Å². The van der Waals surface area contributed by atoms with Crippen molar-refractivity contribution in [1.29, 1.82) is 0 Å². The van der Waals surface area contributed by atoms with E-state index in [2.05, 4.69) is 6.92 Å². The van der Waals surface area contributed by atoms with Gasteiger partial charge in [0.05, 0.1) is 18.6 Å². The van der Waals surface area contributed by atoms with E-state index in [1.807, 2.05) is 0 Å². The molecule has 0 spiro atoms. The largest absolute Gasteiger partial charge is 0.465 e. The summed E-state index contributed by atoms with van der Waals surface area (Å²) >= 11 is 0. The van der Waals surface area contributed by atoms with Gasteiger partial charge in [-0.2, -0.15) is 0 Å². The van der Waals surface area contributed by atoms with Crippen molar-refractivity contribution in [1.82, 2.24) is 0 Å². The van der Waals surface area contributed by atoms with E-state index >= 15 is 0 Å². The van der Waals surface area contributed by atoms with E-state index in [-0.39, 0.29) is 11.4 Å². The first-order valence-electron chi connectivity index (χ1n) is 6.95. The second-order valence-electron chi connectivity index (χ2n) is 5.16. The first-order chi connectivity index (χ1) is 8.72. The lowest BCUT2D eigenvalue weighted by Crippen LogP contribution is -2.46. The van der Waals surface area contributed by atoms with Crippen molar-refractivity contribution in [2.45, 2.75) is 45.4 Å². The molecule has 1 aliphatic rings. The number of hydrogen-bond donors (Lipinski definition) is 0. The van der Waals surface area contributed by atoms with Gasteiger partial charge in [-0.3, -0.25) is 4.79 Å². The monoisotopic (exact) mass is 258 g/mol. The number of esters is 1. The summed E-state index contributed by atoms with van der Waals surface area (Å²) in [4.78, 5) is 11.5. The van der Waals surface area contributed by atoms with Crippen LogP contribution in [0.4, 0.5) is 0 Å². The van der Waals surface area contributed by atoms with Gasteiger partial charge in [0.2, 0.25) is 0 Å². The fraction of sp³-hybridized carbons (Fsp3) is 0.929. The van der Waals surface area contributed by atoms with Gasteiger partial charge >= 0.3 is 5.97 Å². The molecule has 1 aliphatic heterocycles. The molecule has 0 radical (unpaired) electrons. The minimum atomic E-state index is -0.0681. The van der Waals surface area contributed by atoms with Crippen LogP contribution in [-0.2, 0) is 19.0 Å². The minimum absolute atomic E-state index is 0.0681. The molecule has 18 heavy (non-hydrogen) atoms. The average Bonchev–Trinajstić information content (AvgIpc) is 2.33. The van der Waals surface area contributed by atoms with E-state index in [1.165, 1.54) is 0 Å². The van der Waals surface area contributed by atoms with Crippen molar-refractivity contribution >= 4 is 5.97 Å². The Kier molecular flexibility index (Phi) is 7.28. The molecule has 0 amide bonds. The average molecular weight is 258 g/mol. The summed E-state index contributed by atoms with van der Waals surface area (Å²) in [5, 5.41) is 0. The van der Waals surface area contributed by atoms with Crippen LogP contribution in [0.1, 0.15) is 45.4 Å². The van der Waals surface area contributed by atoms with Crippen molar-refractivity contribution in [3.05, 3.63) is 0 Å². The van der Waals surface area contributed by atoms with Crippen molar-refractivity contribution in [2.24, 2.45) is 5.41 Å². The van der Waals surface area contributed by atoms with Gasteiger partial charge < -0.3 is 14.2 Å². The van der Waals surface area contributed by atoms with E-state index in [0.717, 1.165) is 51.9 Å². The zero-order chi connectivity index (χ0) is 13.3. The lowest BCUT2D eigenvalue weighted by molar-refractivity contribution is -0.170. The second-order valence-corrected chi connectivity index (χ2v) is 5.16. The van der Waals surface area contributed by atoms with Gasteiger partial charge in [0.1, 0.15) is 6.61 Å². The Morgan fingerprint density at radius 1 is 1.22 bits per heavy atom. The number of carbonyl (C=O) groups is 1. The number of methoxy groups -OCH3 is 1. The molecule has 1 saturated heterocycles. The molecule has 1 rings (SSSR count). The van der Waals surface area contributed by atoms with Gasteiger partial charge in [0.15, 0.2) is 0 Å². The Hall–Kier alpha value is -0.610. The van der Waals surface area contributed by atoms with E-state index in [1.54, 1.807) is 7.11 Å². The highest BCUT2D eigenvalue weighted by Crippen LogP contribution is 2.31. The van der Waals surface area contributed by atoms with Crippen LogP contribution >= 0.6 is 0 Å². The quantitative estimate of drug-likeness (QED) is 0.446. The van der Waals surface area contributed by atoms with Crippen molar-refractivity contribution in [2.75, 3.05) is 33.5 Å². The molecule has 0 atom stereocenters. The zero-order valence-corrected chi connectivity index (χ0v) is 11.7. The number of unbranched alkanes of at least 4 members (excludes halogenated alkanes) is 3. The van der Waals surface area contributed by atoms with Gasteiger partial charge in [-0.25, -0.2) is 0 Å². The number of hydrogen-bond acceptors (Lipinski definition) is 4. The van der Waals surface area contributed by atoms with Crippen molar-refractivity contribution in [3.63, 3.8) is 0 Å². The third-order valence-corrected chi connectivity index (χ3v) is 3.59. The maximum absolute atomic E-state index is 11.5. The summed E-state index contributed by atoms with van der Waals surface area (Å²) in [5.74, 6) is -0.0681. The molecule has 1 fully saturated rings. The maximum atomic E-state index is 11.5. The molecule has 0 aromatic heterocycles. The molecule has 4 nitrogen and oxygen atoms in total. The molecule has 4 heteroatoms. The Bertz CT molecular complexity index is 230. The molecule has 106 valence electrons. The first kappa shape index (κ1) is 15.4. The van der Waals surface area contributed by atoms with E-state index < -0.39 is 0 Å². The predicted molar refractivity (Wildman–Crippen MR) is 69.5 cm³/mol. The van der Waals surface area contributed by atoms with Crippen molar-refractivity contribution in [3.8, 4) is 0 Å². The Balaban J connectivity index is 1.97. The highest BCUT2D eigenvalue weighted by Gasteiger charge is 2.38. The van der Waals surface area contributed by atoms with Crippen LogP contribution in [0, 0.1) is 5.41 Å². The fourth-order valence-corrected chi connectivity index (χ4v) is 1.96. The smallest absolute Gasteiger partial charge is 0.305 e. The van der Waals surface area contributed by atoms with E-state index in [4.69, 9.17) is 14.2 Å². The molecule has 1 heterocycles. The maximum Gasteiger partial charge on any atom is 0.305 e. The van der Waals surface area contributed by atoms with Gasteiger partial charge in [-0.1, -0.05) is 19.8 Å². The Morgan fingerprint density at radius 2 is 1.94 bits per heavy atom. The molecular weight excluding hydrogens is 232 g/mol. The molecule has 0 N–H and O–H groups in total. The van der Waals surface area contributed by atoms with Crippen LogP contribution in [0.3, 0.4) is 0 Å². The van der Waals surface area contributed by atoms with Crippen LogP contribution in [0.2, 0.25) is 0 Å². The highest BCUT2D eigenvalue weighted by atomic mass is 16.5. The standard InChI is InChI=1S/C14H26O4/c1-3-14(10-17-11-14)12-18-13(15)8-6-4-5-7-9-16-2/h3-12H2,1-2H3. The summed E-state index contributed by atoms with van der Waals surface area (Å²) in [5.41, 5.74) is 0.105. The van der Waals surface area contributed by atoms with E-state index in [9.17, 15) is 4.79 Å². The molecule has 0 aliphatic carbocycles. The number of ether oxygens (including phenoxy) is 3.